The number of benzene rings is 2. The molecule has 0 radical (unpaired) electrons. The Labute approximate surface area is 363 Å². The molecule has 4 amide bonds. The standard InChI is InChI=1S/C44H50Cl2FN9O5/c45-34-9-10-35(47)41(46)32(34)15-19-61-38-20-27(21-49-42(38)48)28-22-50-56(23-28)30-13-17-54(18-14-30)40(58)8-3-1-2-4-16-53-24-29(25-53)51-36-7-5-6-31-33(36)26-55(44(31)60)37-11-12-39(57)52-43(37)59/h5-7,9-10,20-23,29-30,37,51H,1-4,8,11-19,24-26H2,(H2,48,49)(H,52,57,59)/t37-/m1/s1. The molecule has 4 aliphatic rings. The molecule has 2 aromatic carbocycles. The number of anilines is 2. The maximum atomic E-state index is 13.9. The van der Waals surface area contributed by atoms with E-state index in [4.69, 9.17) is 33.7 Å². The van der Waals surface area contributed by atoms with Crippen molar-refractivity contribution in [2.45, 2.75) is 88.9 Å². The fourth-order valence-corrected chi connectivity index (χ4v) is 9.32. The summed E-state index contributed by atoms with van der Waals surface area (Å²) in [4.78, 5) is 60.6. The van der Waals surface area contributed by atoms with Crippen LogP contribution in [0.1, 0.15) is 85.3 Å². The number of nitrogens with two attached hydrogens (primary N) is 1. The number of amides is 4. The van der Waals surface area contributed by atoms with Crippen LogP contribution in [0.25, 0.3) is 11.1 Å². The van der Waals surface area contributed by atoms with Crippen LogP contribution >= 0.6 is 23.2 Å². The fraction of sp³-hybridized carbons (Fsp3) is 0.455. The number of fused-ring (bicyclic) bond motifs is 1. The Hall–Kier alpha value is -5.25. The first-order valence-electron chi connectivity index (χ1n) is 21.1. The third-order valence-corrected chi connectivity index (χ3v) is 13.0. The summed E-state index contributed by atoms with van der Waals surface area (Å²) in [6, 6.07) is 10.0. The number of pyridine rings is 1. The first-order valence-corrected chi connectivity index (χ1v) is 21.9. The number of likely N-dealkylation sites (tertiary alicyclic amines) is 2. The van der Waals surface area contributed by atoms with Crippen LogP contribution in [0.5, 0.6) is 5.75 Å². The van der Waals surface area contributed by atoms with Crippen LogP contribution in [0.2, 0.25) is 10.0 Å². The summed E-state index contributed by atoms with van der Waals surface area (Å²) in [6.07, 6.45) is 12.6. The second-order valence-electron chi connectivity index (χ2n) is 16.3. The zero-order valence-corrected chi connectivity index (χ0v) is 35.4. The number of aromatic nitrogens is 3. The van der Waals surface area contributed by atoms with Crippen LogP contribution in [-0.2, 0) is 27.3 Å². The van der Waals surface area contributed by atoms with E-state index < -0.39 is 17.8 Å². The van der Waals surface area contributed by atoms with Gasteiger partial charge in [0.2, 0.25) is 17.7 Å². The lowest BCUT2D eigenvalue weighted by atomic mass is 10.0. The molecule has 17 heteroatoms. The largest absolute Gasteiger partial charge is 0.489 e. The number of imide groups is 1. The smallest absolute Gasteiger partial charge is 0.255 e. The van der Waals surface area contributed by atoms with Crippen molar-refractivity contribution < 1.29 is 28.3 Å². The Morgan fingerprint density at radius 1 is 1.00 bits per heavy atom. The number of nitrogens with one attached hydrogen (secondary N) is 2. The SMILES string of the molecule is Nc1ncc(-c2cnn(C3CCN(C(=O)CCCCCCN4CC(Nc5cccc6c5CN([C@@H]5CCC(=O)NC5=O)C6=O)C4)CC3)c2)cc1OCCc1c(Cl)ccc(F)c1Cl. The van der Waals surface area contributed by atoms with E-state index in [0.717, 1.165) is 80.5 Å². The van der Waals surface area contributed by atoms with Gasteiger partial charge < -0.3 is 25.6 Å². The van der Waals surface area contributed by atoms with Crippen molar-refractivity contribution in [1.29, 1.82) is 0 Å². The van der Waals surface area contributed by atoms with Gasteiger partial charge in [0, 0.05) is 97.3 Å². The number of ether oxygens (including phenoxy) is 1. The Bertz CT molecular complexity index is 2290. The van der Waals surface area contributed by atoms with Gasteiger partial charge in [-0.1, -0.05) is 42.1 Å². The highest BCUT2D eigenvalue weighted by atomic mass is 35.5. The average Bonchev–Trinajstić information content (AvgIpc) is 3.87. The molecule has 2 aromatic heterocycles. The van der Waals surface area contributed by atoms with Gasteiger partial charge >= 0.3 is 0 Å². The van der Waals surface area contributed by atoms with E-state index in [1.807, 2.05) is 40.0 Å². The van der Waals surface area contributed by atoms with E-state index >= 15 is 0 Å². The number of nitrogen functional groups attached to an aromatic ring is 1. The highest BCUT2D eigenvalue weighted by Gasteiger charge is 2.40. The lowest BCUT2D eigenvalue weighted by Gasteiger charge is -2.40. The quantitative estimate of drug-likeness (QED) is 0.0664. The van der Waals surface area contributed by atoms with Gasteiger partial charge in [0.05, 0.1) is 29.9 Å². The van der Waals surface area contributed by atoms with E-state index in [9.17, 15) is 23.6 Å². The van der Waals surface area contributed by atoms with E-state index in [1.54, 1.807) is 17.3 Å². The molecule has 6 heterocycles. The molecule has 0 bridgehead atoms. The molecule has 0 aliphatic carbocycles. The number of carbonyl (C=O) groups is 4. The Morgan fingerprint density at radius 2 is 1.80 bits per heavy atom. The normalized spacial score (nSPS) is 18.6. The molecule has 0 unspecified atom stereocenters. The van der Waals surface area contributed by atoms with Gasteiger partial charge in [0.25, 0.3) is 5.91 Å². The van der Waals surface area contributed by atoms with Gasteiger partial charge in [0.15, 0.2) is 11.6 Å². The Kier molecular flexibility index (Phi) is 13.1. The predicted molar refractivity (Wildman–Crippen MR) is 230 cm³/mol. The van der Waals surface area contributed by atoms with E-state index in [2.05, 4.69) is 25.6 Å². The zero-order chi connectivity index (χ0) is 42.6. The van der Waals surface area contributed by atoms with Crippen molar-refractivity contribution in [1.82, 2.24) is 34.8 Å². The molecule has 3 saturated heterocycles. The molecule has 3 fully saturated rings. The summed E-state index contributed by atoms with van der Waals surface area (Å²) in [6.45, 7) is 4.78. The summed E-state index contributed by atoms with van der Waals surface area (Å²) < 4.78 is 21.8. The maximum Gasteiger partial charge on any atom is 0.255 e. The highest BCUT2D eigenvalue weighted by molar-refractivity contribution is 6.36. The lowest BCUT2D eigenvalue weighted by Crippen LogP contribution is -2.54. The van der Waals surface area contributed by atoms with Crippen LogP contribution in [0.15, 0.2) is 55.0 Å². The number of carbonyl (C=O) groups excluding carboxylic acids is 4. The van der Waals surface area contributed by atoms with Crippen LogP contribution in [-0.4, -0.2) is 105 Å². The number of unbranched alkanes of at least 4 members (excludes halogenated alkanes) is 3. The molecular formula is C44H50Cl2FN9O5. The van der Waals surface area contributed by atoms with E-state index in [0.29, 0.717) is 60.8 Å². The van der Waals surface area contributed by atoms with Crippen LogP contribution < -0.4 is 21.1 Å². The van der Waals surface area contributed by atoms with Gasteiger partial charge in [-0.25, -0.2) is 9.37 Å². The Balaban J connectivity index is 0.704. The summed E-state index contributed by atoms with van der Waals surface area (Å²) in [7, 11) is 0. The average molecular weight is 875 g/mol. The second-order valence-corrected chi connectivity index (χ2v) is 17.1. The number of nitrogens with zero attached hydrogens (tertiary/aromatic N) is 6. The van der Waals surface area contributed by atoms with Gasteiger partial charge in [-0.2, -0.15) is 5.10 Å². The third kappa shape index (κ3) is 9.63. The number of hydrogen-bond donors (Lipinski definition) is 3. The van der Waals surface area contributed by atoms with Crippen molar-refractivity contribution in [2.24, 2.45) is 0 Å². The van der Waals surface area contributed by atoms with Crippen molar-refractivity contribution in [3.05, 3.63) is 87.5 Å². The summed E-state index contributed by atoms with van der Waals surface area (Å²) >= 11 is 12.3. The van der Waals surface area contributed by atoms with Gasteiger partial charge in [0.1, 0.15) is 11.9 Å². The maximum absolute atomic E-state index is 13.9. The zero-order valence-electron chi connectivity index (χ0n) is 33.9. The topological polar surface area (TPSA) is 168 Å². The highest BCUT2D eigenvalue weighted by Crippen LogP contribution is 2.34. The molecular weight excluding hydrogens is 824 g/mol. The van der Waals surface area contributed by atoms with E-state index in [-0.39, 0.29) is 53.7 Å². The summed E-state index contributed by atoms with van der Waals surface area (Å²) in [5.41, 5.74) is 10.7. The van der Waals surface area contributed by atoms with Crippen LogP contribution in [0, 0.1) is 5.82 Å². The summed E-state index contributed by atoms with van der Waals surface area (Å²) in [5, 5.41) is 11.0. The van der Waals surface area contributed by atoms with Crippen molar-refractivity contribution in [3.63, 3.8) is 0 Å². The van der Waals surface area contributed by atoms with Crippen LogP contribution in [0.3, 0.4) is 0 Å². The first-order chi connectivity index (χ1) is 29.5. The monoisotopic (exact) mass is 873 g/mol. The molecule has 1 atom stereocenters. The van der Waals surface area contributed by atoms with Crippen LogP contribution in [0.4, 0.5) is 15.9 Å². The number of halogens is 3. The molecule has 8 rings (SSSR count). The third-order valence-electron chi connectivity index (χ3n) is 12.3. The van der Waals surface area contributed by atoms with Gasteiger partial charge in [-0.05, 0) is 74.5 Å². The second kappa shape index (κ2) is 18.8. The minimum absolute atomic E-state index is 0.0201. The fourth-order valence-electron chi connectivity index (χ4n) is 8.76. The van der Waals surface area contributed by atoms with Gasteiger partial charge in [-0.15, -0.1) is 0 Å². The molecule has 4 aliphatic heterocycles. The molecule has 0 spiro atoms. The van der Waals surface area contributed by atoms with E-state index in [1.165, 1.54) is 12.1 Å². The lowest BCUT2D eigenvalue weighted by molar-refractivity contribution is -0.137. The minimum Gasteiger partial charge on any atom is -0.489 e. The van der Waals surface area contributed by atoms with Gasteiger partial charge in [-0.3, -0.25) is 34.1 Å². The van der Waals surface area contributed by atoms with Crippen molar-refractivity contribution in [2.75, 3.05) is 50.4 Å². The first kappa shape index (κ1) is 42.4. The molecule has 61 heavy (non-hydrogen) atoms. The molecule has 4 aromatic rings. The van der Waals surface area contributed by atoms with Crippen molar-refractivity contribution >= 4 is 58.3 Å². The molecule has 322 valence electrons. The summed E-state index contributed by atoms with van der Waals surface area (Å²) in [5.74, 6) is -0.547. The minimum atomic E-state index is -0.625. The number of piperidine rings is 2. The Morgan fingerprint density at radius 3 is 2.61 bits per heavy atom. The molecule has 4 N–H and O–H groups in total. The molecule has 0 saturated carbocycles. The molecule has 14 nitrogen and oxygen atoms in total. The number of rotatable bonds is 16. The predicted octanol–water partition coefficient (Wildman–Crippen LogP) is 6.27. The van der Waals surface area contributed by atoms with Crippen molar-refractivity contribution in [3.8, 4) is 16.9 Å². The number of hydrogen-bond acceptors (Lipinski definition) is 10.